The molecule has 0 saturated carbocycles. The van der Waals surface area contributed by atoms with Crippen LogP contribution in [0.3, 0.4) is 0 Å². The summed E-state index contributed by atoms with van der Waals surface area (Å²) in [6, 6.07) is 8.96. The predicted molar refractivity (Wildman–Crippen MR) is 78.0 cm³/mol. The third-order valence-electron chi connectivity index (χ3n) is 3.81. The first-order valence-corrected chi connectivity index (χ1v) is 7.29. The molecule has 0 spiro atoms. The lowest BCUT2D eigenvalue weighted by atomic mass is 9.99. The lowest BCUT2D eigenvalue weighted by molar-refractivity contribution is -0.138. The van der Waals surface area contributed by atoms with Crippen LogP contribution in [-0.2, 0) is 14.3 Å². The Morgan fingerprint density at radius 1 is 1.33 bits per heavy atom. The summed E-state index contributed by atoms with van der Waals surface area (Å²) in [5.41, 5.74) is 0.703. The lowest BCUT2D eigenvalue weighted by Crippen LogP contribution is -2.31. The van der Waals surface area contributed by atoms with E-state index in [9.17, 15) is 14.7 Å². The average Bonchev–Trinajstić information content (AvgIpc) is 2.99. The van der Waals surface area contributed by atoms with Crippen molar-refractivity contribution in [2.45, 2.75) is 25.2 Å². The van der Waals surface area contributed by atoms with Crippen molar-refractivity contribution in [1.82, 2.24) is 5.32 Å². The zero-order chi connectivity index (χ0) is 15.1. The predicted octanol–water partition coefficient (Wildman–Crippen LogP) is 1.79. The minimum atomic E-state index is -0.925. The van der Waals surface area contributed by atoms with Crippen LogP contribution in [0.1, 0.15) is 30.7 Å². The molecule has 0 aromatic heterocycles. The maximum absolute atomic E-state index is 11.8. The van der Waals surface area contributed by atoms with E-state index in [4.69, 9.17) is 4.74 Å². The number of ether oxygens (including phenoxy) is 1. The van der Waals surface area contributed by atoms with Crippen molar-refractivity contribution in [3.05, 3.63) is 35.9 Å². The summed E-state index contributed by atoms with van der Waals surface area (Å²) in [5, 5.41) is 12.0. The zero-order valence-corrected chi connectivity index (χ0v) is 12.0. The quantitative estimate of drug-likeness (QED) is 0.803. The Balaban J connectivity index is 1.78. The molecule has 1 aliphatic heterocycles. The van der Waals surface area contributed by atoms with Gasteiger partial charge < -0.3 is 15.2 Å². The molecule has 114 valence electrons. The maximum atomic E-state index is 11.8. The van der Waals surface area contributed by atoms with Crippen LogP contribution in [0.2, 0.25) is 0 Å². The smallest absolute Gasteiger partial charge is 0.312 e. The second-order valence-corrected chi connectivity index (χ2v) is 5.37. The highest BCUT2D eigenvalue weighted by molar-refractivity contribution is 5.79. The average molecular weight is 291 g/mol. The summed E-state index contributed by atoms with van der Waals surface area (Å²) in [5.74, 6) is -1.26. The lowest BCUT2D eigenvalue weighted by Gasteiger charge is -2.14. The van der Waals surface area contributed by atoms with Crippen LogP contribution in [0, 0.1) is 5.92 Å². The molecule has 2 N–H and O–H groups in total. The van der Waals surface area contributed by atoms with Gasteiger partial charge in [0.2, 0.25) is 5.91 Å². The van der Waals surface area contributed by atoms with Gasteiger partial charge in [-0.1, -0.05) is 30.3 Å². The molecular formula is C16H21NO4. The molecule has 21 heavy (non-hydrogen) atoms. The summed E-state index contributed by atoms with van der Waals surface area (Å²) in [7, 11) is 0. The molecule has 1 heterocycles. The Morgan fingerprint density at radius 3 is 2.71 bits per heavy atom. The number of carbonyl (C=O) groups excluding carboxylic acids is 1. The number of hydrogen-bond donors (Lipinski definition) is 2. The summed E-state index contributed by atoms with van der Waals surface area (Å²) in [6.07, 6.45) is 2.24. The maximum Gasteiger partial charge on any atom is 0.312 e. The molecule has 1 aliphatic rings. The molecule has 0 radical (unpaired) electrons. The number of carbonyl (C=O) groups is 2. The van der Waals surface area contributed by atoms with Crippen molar-refractivity contribution in [3.63, 3.8) is 0 Å². The van der Waals surface area contributed by atoms with Gasteiger partial charge in [-0.2, -0.15) is 0 Å². The first kappa shape index (κ1) is 15.5. The van der Waals surface area contributed by atoms with Crippen molar-refractivity contribution in [2.75, 3.05) is 19.8 Å². The number of carboxylic acids is 1. The van der Waals surface area contributed by atoms with Crippen molar-refractivity contribution in [2.24, 2.45) is 5.92 Å². The van der Waals surface area contributed by atoms with Crippen molar-refractivity contribution >= 4 is 11.9 Å². The first-order valence-electron chi connectivity index (χ1n) is 7.29. The second kappa shape index (κ2) is 7.78. The van der Waals surface area contributed by atoms with E-state index in [0.717, 1.165) is 26.1 Å². The SMILES string of the molecule is O=C(CCC1CCOC1)NCC(C(=O)O)c1ccccc1. The standard InChI is InChI=1S/C16H21NO4/c18-15(7-6-12-8-9-21-11-12)17-10-14(16(19)20)13-4-2-1-3-5-13/h1-5,12,14H,6-11H2,(H,17,18)(H,19,20). The number of hydrogen-bond acceptors (Lipinski definition) is 3. The number of rotatable bonds is 7. The van der Waals surface area contributed by atoms with Crippen LogP contribution < -0.4 is 5.32 Å². The largest absolute Gasteiger partial charge is 0.481 e. The molecule has 5 nitrogen and oxygen atoms in total. The van der Waals surface area contributed by atoms with Gasteiger partial charge >= 0.3 is 5.97 Å². The van der Waals surface area contributed by atoms with Crippen LogP contribution in [0.4, 0.5) is 0 Å². The van der Waals surface area contributed by atoms with Gasteiger partial charge in [0, 0.05) is 26.2 Å². The molecule has 1 aromatic carbocycles. The minimum absolute atomic E-state index is 0.0934. The van der Waals surface area contributed by atoms with Crippen molar-refractivity contribution in [3.8, 4) is 0 Å². The Hall–Kier alpha value is -1.88. The monoisotopic (exact) mass is 291 g/mol. The zero-order valence-electron chi connectivity index (χ0n) is 12.0. The Morgan fingerprint density at radius 2 is 2.10 bits per heavy atom. The summed E-state index contributed by atoms with van der Waals surface area (Å²) in [6.45, 7) is 1.63. The van der Waals surface area contributed by atoms with Crippen molar-refractivity contribution < 1.29 is 19.4 Å². The highest BCUT2D eigenvalue weighted by Crippen LogP contribution is 2.18. The van der Waals surface area contributed by atoms with Gasteiger partial charge in [0.25, 0.3) is 0 Å². The van der Waals surface area contributed by atoms with Crippen LogP contribution >= 0.6 is 0 Å². The van der Waals surface area contributed by atoms with E-state index in [2.05, 4.69) is 5.32 Å². The van der Waals surface area contributed by atoms with E-state index in [1.54, 1.807) is 24.3 Å². The number of carboxylic acid groups (broad SMARTS) is 1. The minimum Gasteiger partial charge on any atom is -0.481 e. The van der Waals surface area contributed by atoms with Gasteiger partial charge in [0.05, 0.1) is 5.92 Å². The van der Waals surface area contributed by atoms with E-state index in [0.29, 0.717) is 17.9 Å². The topological polar surface area (TPSA) is 75.6 Å². The van der Waals surface area contributed by atoms with Gasteiger partial charge in [0.1, 0.15) is 0 Å². The molecule has 1 saturated heterocycles. The van der Waals surface area contributed by atoms with Crippen LogP contribution in [0.15, 0.2) is 30.3 Å². The molecule has 1 fully saturated rings. The van der Waals surface area contributed by atoms with E-state index in [1.807, 2.05) is 6.07 Å². The fourth-order valence-electron chi connectivity index (χ4n) is 2.48. The molecule has 0 aliphatic carbocycles. The third kappa shape index (κ3) is 4.86. The molecule has 2 unspecified atom stereocenters. The van der Waals surface area contributed by atoms with Crippen LogP contribution in [0.5, 0.6) is 0 Å². The van der Waals surface area contributed by atoms with Crippen LogP contribution in [0.25, 0.3) is 0 Å². The van der Waals surface area contributed by atoms with E-state index < -0.39 is 11.9 Å². The Bertz CT molecular complexity index is 468. The van der Waals surface area contributed by atoms with E-state index in [1.165, 1.54) is 0 Å². The fourth-order valence-corrected chi connectivity index (χ4v) is 2.48. The fraction of sp³-hybridized carbons (Fsp3) is 0.500. The first-order chi connectivity index (χ1) is 10.2. The van der Waals surface area contributed by atoms with E-state index in [-0.39, 0.29) is 12.5 Å². The Labute approximate surface area is 124 Å². The van der Waals surface area contributed by atoms with Crippen LogP contribution in [-0.4, -0.2) is 36.7 Å². The number of nitrogens with one attached hydrogen (secondary N) is 1. The highest BCUT2D eigenvalue weighted by atomic mass is 16.5. The summed E-state index contributed by atoms with van der Waals surface area (Å²) < 4.78 is 5.27. The molecule has 2 rings (SSSR count). The van der Waals surface area contributed by atoms with Gasteiger partial charge in [-0.05, 0) is 24.3 Å². The van der Waals surface area contributed by atoms with Gasteiger partial charge in [-0.3, -0.25) is 9.59 Å². The van der Waals surface area contributed by atoms with Gasteiger partial charge in [0.15, 0.2) is 0 Å². The normalized spacial score (nSPS) is 19.1. The van der Waals surface area contributed by atoms with Gasteiger partial charge in [-0.15, -0.1) is 0 Å². The number of aliphatic carboxylic acids is 1. The Kier molecular flexibility index (Phi) is 5.75. The second-order valence-electron chi connectivity index (χ2n) is 5.37. The molecule has 1 aromatic rings. The van der Waals surface area contributed by atoms with E-state index >= 15 is 0 Å². The summed E-state index contributed by atoms with van der Waals surface area (Å²) >= 11 is 0. The highest BCUT2D eigenvalue weighted by Gasteiger charge is 2.21. The van der Waals surface area contributed by atoms with Gasteiger partial charge in [-0.25, -0.2) is 0 Å². The third-order valence-corrected chi connectivity index (χ3v) is 3.81. The molecule has 0 bridgehead atoms. The summed E-state index contributed by atoms with van der Waals surface area (Å²) in [4.78, 5) is 23.1. The number of benzene rings is 1. The number of amides is 1. The molecule has 2 atom stereocenters. The molecular weight excluding hydrogens is 270 g/mol. The molecule has 5 heteroatoms. The van der Waals surface area contributed by atoms with Crippen molar-refractivity contribution in [1.29, 1.82) is 0 Å². The molecule has 1 amide bonds.